The summed E-state index contributed by atoms with van der Waals surface area (Å²) in [5.74, 6) is -0.912. The van der Waals surface area contributed by atoms with Crippen LogP contribution in [0.1, 0.15) is 60.4 Å². The molecule has 0 unspecified atom stereocenters. The van der Waals surface area contributed by atoms with Crippen molar-refractivity contribution in [1.82, 2.24) is 5.32 Å². The molecule has 2 rings (SSSR count). The van der Waals surface area contributed by atoms with E-state index in [2.05, 4.69) is 31.4 Å². The Bertz CT molecular complexity index is 867. The van der Waals surface area contributed by atoms with Crippen LogP contribution in [0.15, 0.2) is 48.5 Å². The number of amides is 2. The van der Waals surface area contributed by atoms with Gasteiger partial charge in [-0.25, -0.2) is 4.79 Å². The van der Waals surface area contributed by atoms with Gasteiger partial charge in [-0.1, -0.05) is 39.0 Å². The normalized spacial score (nSPS) is 10.9. The van der Waals surface area contributed by atoms with Crippen LogP contribution in [0.4, 0.5) is 5.69 Å². The molecule has 29 heavy (non-hydrogen) atoms. The molecule has 0 radical (unpaired) electrons. The number of esters is 1. The summed E-state index contributed by atoms with van der Waals surface area (Å²) >= 11 is 0. The zero-order valence-corrected chi connectivity index (χ0v) is 17.4. The van der Waals surface area contributed by atoms with E-state index in [1.165, 1.54) is 0 Å². The van der Waals surface area contributed by atoms with Crippen molar-refractivity contribution in [3.05, 3.63) is 65.2 Å². The number of benzene rings is 2. The molecule has 154 valence electrons. The van der Waals surface area contributed by atoms with E-state index in [4.69, 9.17) is 4.74 Å². The van der Waals surface area contributed by atoms with Gasteiger partial charge >= 0.3 is 5.97 Å². The standard InChI is InChI=1S/C23H28N2O4/c1-5-29-22(28)17-7-6-8-19(15-17)25-20(26)13-14-24-21(27)16-9-11-18(12-10-16)23(2,3)4/h6-12,15H,5,13-14H2,1-4H3,(H,24,27)(H,25,26). The largest absolute Gasteiger partial charge is 0.462 e. The number of ether oxygens (including phenoxy) is 1. The first-order chi connectivity index (χ1) is 13.7. The first kappa shape index (κ1) is 22.1. The first-order valence-corrected chi connectivity index (χ1v) is 9.66. The van der Waals surface area contributed by atoms with Crippen LogP contribution >= 0.6 is 0 Å². The summed E-state index contributed by atoms with van der Waals surface area (Å²) in [4.78, 5) is 36.1. The Balaban J connectivity index is 1.83. The highest BCUT2D eigenvalue weighted by atomic mass is 16.5. The van der Waals surface area contributed by atoms with Gasteiger partial charge < -0.3 is 15.4 Å². The highest BCUT2D eigenvalue weighted by Gasteiger charge is 2.14. The molecule has 2 aromatic rings. The third-order valence-corrected chi connectivity index (χ3v) is 4.31. The Morgan fingerprint density at radius 2 is 1.66 bits per heavy atom. The minimum absolute atomic E-state index is 0.0255. The molecule has 0 aliphatic carbocycles. The number of carbonyl (C=O) groups excluding carboxylic acids is 3. The predicted octanol–water partition coefficient (Wildman–Crippen LogP) is 3.92. The molecule has 2 amide bonds. The molecule has 0 spiro atoms. The SMILES string of the molecule is CCOC(=O)c1cccc(NC(=O)CCNC(=O)c2ccc(C(C)(C)C)cc2)c1. The van der Waals surface area contributed by atoms with Crippen LogP contribution < -0.4 is 10.6 Å². The lowest BCUT2D eigenvalue weighted by Crippen LogP contribution is -2.27. The van der Waals surface area contributed by atoms with Gasteiger partial charge in [-0.3, -0.25) is 9.59 Å². The van der Waals surface area contributed by atoms with Gasteiger partial charge in [0, 0.05) is 24.2 Å². The Morgan fingerprint density at radius 3 is 2.28 bits per heavy atom. The lowest BCUT2D eigenvalue weighted by Gasteiger charge is -2.19. The summed E-state index contributed by atoms with van der Waals surface area (Å²) in [6.45, 7) is 8.57. The minimum Gasteiger partial charge on any atom is -0.462 e. The number of carbonyl (C=O) groups is 3. The molecular formula is C23H28N2O4. The maximum absolute atomic E-state index is 12.2. The number of anilines is 1. The molecule has 0 saturated heterocycles. The molecule has 6 heteroatoms. The van der Waals surface area contributed by atoms with Crippen molar-refractivity contribution >= 4 is 23.5 Å². The Morgan fingerprint density at radius 1 is 0.966 bits per heavy atom. The van der Waals surface area contributed by atoms with Crippen molar-refractivity contribution in [2.45, 2.75) is 39.5 Å². The number of nitrogens with one attached hydrogen (secondary N) is 2. The molecule has 0 fully saturated rings. The smallest absolute Gasteiger partial charge is 0.338 e. The molecule has 0 saturated carbocycles. The van der Waals surface area contributed by atoms with E-state index in [-0.39, 0.29) is 36.8 Å². The third-order valence-electron chi connectivity index (χ3n) is 4.31. The van der Waals surface area contributed by atoms with Crippen molar-refractivity contribution in [2.75, 3.05) is 18.5 Å². The van der Waals surface area contributed by atoms with Crippen molar-refractivity contribution in [3.8, 4) is 0 Å². The highest BCUT2D eigenvalue weighted by molar-refractivity contribution is 5.96. The van der Waals surface area contributed by atoms with E-state index in [1.807, 2.05) is 12.1 Å². The zero-order valence-electron chi connectivity index (χ0n) is 17.4. The molecule has 0 bridgehead atoms. The summed E-state index contributed by atoms with van der Waals surface area (Å²) in [6, 6.07) is 14.0. The van der Waals surface area contributed by atoms with Gasteiger partial charge in [-0.2, -0.15) is 0 Å². The van der Waals surface area contributed by atoms with Gasteiger partial charge in [0.1, 0.15) is 0 Å². The summed E-state index contributed by atoms with van der Waals surface area (Å²) in [5, 5.41) is 5.47. The zero-order chi connectivity index (χ0) is 21.4. The average molecular weight is 396 g/mol. The van der Waals surface area contributed by atoms with Crippen LogP contribution in [0.2, 0.25) is 0 Å². The molecule has 0 heterocycles. The van der Waals surface area contributed by atoms with E-state index in [0.717, 1.165) is 5.56 Å². The van der Waals surface area contributed by atoms with Gasteiger partial charge in [-0.05, 0) is 48.2 Å². The van der Waals surface area contributed by atoms with E-state index < -0.39 is 5.97 Å². The molecule has 0 atom stereocenters. The van der Waals surface area contributed by atoms with Gasteiger partial charge in [0.25, 0.3) is 5.91 Å². The van der Waals surface area contributed by atoms with Crippen LogP contribution in [0, 0.1) is 0 Å². The Labute approximate surface area is 171 Å². The quantitative estimate of drug-likeness (QED) is 0.695. The van der Waals surface area contributed by atoms with Gasteiger partial charge in [0.2, 0.25) is 5.91 Å². The van der Waals surface area contributed by atoms with Crippen LogP contribution in [0.5, 0.6) is 0 Å². The molecule has 0 aromatic heterocycles. The fourth-order valence-corrected chi connectivity index (χ4v) is 2.68. The molecule has 2 aromatic carbocycles. The van der Waals surface area contributed by atoms with Crippen LogP contribution in [-0.2, 0) is 14.9 Å². The van der Waals surface area contributed by atoms with Crippen molar-refractivity contribution in [3.63, 3.8) is 0 Å². The van der Waals surface area contributed by atoms with E-state index in [9.17, 15) is 14.4 Å². The van der Waals surface area contributed by atoms with Crippen molar-refractivity contribution in [2.24, 2.45) is 0 Å². The Kier molecular flexibility index (Phi) is 7.53. The lowest BCUT2D eigenvalue weighted by molar-refractivity contribution is -0.116. The minimum atomic E-state index is -0.437. The maximum atomic E-state index is 12.2. The molecule has 0 aliphatic rings. The average Bonchev–Trinajstić information content (AvgIpc) is 2.67. The van der Waals surface area contributed by atoms with Crippen LogP contribution in [-0.4, -0.2) is 30.9 Å². The van der Waals surface area contributed by atoms with Crippen LogP contribution in [0.3, 0.4) is 0 Å². The second-order valence-corrected chi connectivity index (χ2v) is 7.68. The molecule has 2 N–H and O–H groups in total. The second kappa shape index (κ2) is 9.87. The van der Waals surface area contributed by atoms with E-state index in [0.29, 0.717) is 16.8 Å². The monoisotopic (exact) mass is 396 g/mol. The number of hydrogen-bond donors (Lipinski definition) is 2. The van der Waals surface area contributed by atoms with Crippen molar-refractivity contribution in [1.29, 1.82) is 0 Å². The fraction of sp³-hybridized carbons (Fsp3) is 0.348. The van der Waals surface area contributed by atoms with Gasteiger partial charge in [-0.15, -0.1) is 0 Å². The molecule has 0 aliphatic heterocycles. The van der Waals surface area contributed by atoms with Crippen LogP contribution in [0.25, 0.3) is 0 Å². The number of hydrogen-bond acceptors (Lipinski definition) is 4. The molecule has 6 nitrogen and oxygen atoms in total. The summed E-state index contributed by atoms with van der Waals surface area (Å²) in [6.07, 6.45) is 0.120. The lowest BCUT2D eigenvalue weighted by atomic mass is 9.87. The van der Waals surface area contributed by atoms with E-state index in [1.54, 1.807) is 43.3 Å². The fourth-order valence-electron chi connectivity index (χ4n) is 2.68. The second-order valence-electron chi connectivity index (χ2n) is 7.68. The topological polar surface area (TPSA) is 84.5 Å². The maximum Gasteiger partial charge on any atom is 0.338 e. The van der Waals surface area contributed by atoms with Gasteiger partial charge in [0.15, 0.2) is 0 Å². The highest BCUT2D eigenvalue weighted by Crippen LogP contribution is 2.22. The first-order valence-electron chi connectivity index (χ1n) is 9.66. The van der Waals surface area contributed by atoms with E-state index >= 15 is 0 Å². The van der Waals surface area contributed by atoms with Crippen molar-refractivity contribution < 1.29 is 19.1 Å². The van der Waals surface area contributed by atoms with Gasteiger partial charge in [0.05, 0.1) is 12.2 Å². The summed E-state index contributed by atoms with van der Waals surface area (Å²) < 4.78 is 4.95. The summed E-state index contributed by atoms with van der Waals surface area (Å²) in [5.41, 5.74) is 2.61. The summed E-state index contributed by atoms with van der Waals surface area (Å²) in [7, 11) is 0. The number of rotatable bonds is 7. The molecular weight excluding hydrogens is 368 g/mol. The predicted molar refractivity (Wildman–Crippen MR) is 113 cm³/mol. The third kappa shape index (κ3) is 6.75. The Hall–Kier alpha value is -3.15.